The number of carbonyl (C=O) groups is 1. The molecule has 1 atom stereocenters. The maximum Gasteiger partial charge on any atom is 0.409 e. The highest BCUT2D eigenvalue weighted by molar-refractivity contribution is 5.90. The summed E-state index contributed by atoms with van der Waals surface area (Å²) in [5.41, 5.74) is 2.44. The second kappa shape index (κ2) is 6.23. The van der Waals surface area contributed by atoms with Gasteiger partial charge in [0.1, 0.15) is 0 Å². The third-order valence-electron chi connectivity index (χ3n) is 5.12. The van der Waals surface area contributed by atoms with Gasteiger partial charge in [0.25, 0.3) is 0 Å². The highest BCUT2D eigenvalue weighted by Gasteiger charge is 2.53. The summed E-state index contributed by atoms with van der Waals surface area (Å²) in [5, 5.41) is 2.43. The van der Waals surface area contributed by atoms with Crippen molar-refractivity contribution < 1.29 is 18.0 Å². The van der Waals surface area contributed by atoms with Crippen LogP contribution < -0.4 is 5.43 Å². The van der Waals surface area contributed by atoms with Gasteiger partial charge in [0.15, 0.2) is 6.04 Å². The Hall–Kier alpha value is -2.08. The molecule has 0 radical (unpaired) electrons. The van der Waals surface area contributed by atoms with Gasteiger partial charge in [-0.15, -0.1) is 0 Å². The molecule has 1 heterocycles. The molecular formula is C21H25F3N2O. The van der Waals surface area contributed by atoms with E-state index in [1.54, 1.807) is 38.1 Å². The molecule has 2 aromatic carbocycles. The Morgan fingerprint density at radius 3 is 2.11 bits per heavy atom. The molecule has 1 fully saturated rings. The Morgan fingerprint density at radius 1 is 1.04 bits per heavy atom. The zero-order valence-electron chi connectivity index (χ0n) is 16.2. The number of hydrogen-bond acceptors (Lipinski definition) is 2. The van der Waals surface area contributed by atoms with E-state index in [-0.39, 0.29) is 17.4 Å². The molecule has 2 aromatic rings. The smallest absolute Gasteiger partial charge is 0.287 e. The zero-order valence-corrected chi connectivity index (χ0v) is 16.2. The monoisotopic (exact) mass is 378 g/mol. The fourth-order valence-corrected chi connectivity index (χ4v) is 3.89. The molecule has 1 aliphatic heterocycles. The molecule has 6 heteroatoms. The Kier molecular flexibility index (Phi) is 4.54. The Bertz CT molecular complexity index is 881. The second-order valence-electron chi connectivity index (χ2n) is 8.84. The Balaban J connectivity index is 2.26. The van der Waals surface area contributed by atoms with E-state index in [0.29, 0.717) is 5.39 Å². The minimum absolute atomic E-state index is 0.0254. The first kappa shape index (κ1) is 19.7. The molecule has 146 valence electrons. The van der Waals surface area contributed by atoms with Crippen LogP contribution >= 0.6 is 0 Å². The van der Waals surface area contributed by atoms with Gasteiger partial charge in [-0.1, -0.05) is 57.2 Å². The fraction of sp³-hybridized carbons (Fsp3) is 0.476. The Labute approximate surface area is 157 Å². The second-order valence-corrected chi connectivity index (χ2v) is 8.84. The van der Waals surface area contributed by atoms with Gasteiger partial charge in [-0.25, -0.2) is 0 Å². The number of nitrogens with one attached hydrogen (secondary N) is 1. The molecule has 1 N–H and O–H groups in total. The molecule has 1 unspecified atom stereocenters. The highest BCUT2D eigenvalue weighted by atomic mass is 19.4. The van der Waals surface area contributed by atoms with E-state index in [2.05, 4.69) is 5.43 Å². The van der Waals surface area contributed by atoms with Crippen LogP contribution in [0.5, 0.6) is 0 Å². The van der Waals surface area contributed by atoms with Crippen molar-refractivity contribution in [1.29, 1.82) is 0 Å². The van der Waals surface area contributed by atoms with Crippen LogP contribution in [0.4, 0.5) is 13.2 Å². The van der Waals surface area contributed by atoms with Crippen LogP contribution in [0.3, 0.4) is 0 Å². The molecule has 3 nitrogen and oxygen atoms in total. The van der Waals surface area contributed by atoms with Crippen molar-refractivity contribution in [2.45, 2.75) is 64.2 Å². The van der Waals surface area contributed by atoms with Crippen LogP contribution in [-0.2, 0) is 10.2 Å². The summed E-state index contributed by atoms with van der Waals surface area (Å²) in [5.74, 6) is -0.398. The predicted octanol–water partition coefficient (Wildman–Crippen LogP) is 5.26. The largest absolute Gasteiger partial charge is 0.409 e. The standard InChI is InChI=1S/C21H25F3N2O/c1-19(2,3)16-11-10-15(13-8-6-7-9-14(13)16)18(21(22,23)24)26-20(4,5)12-17(27)25-26/h6-11,18H,12H2,1-5H3,(H,25,27). The van der Waals surface area contributed by atoms with Crippen molar-refractivity contribution in [1.82, 2.24) is 10.4 Å². The van der Waals surface area contributed by atoms with Gasteiger partial charge in [0, 0.05) is 12.0 Å². The summed E-state index contributed by atoms with van der Waals surface area (Å²) >= 11 is 0. The highest BCUT2D eigenvalue weighted by Crippen LogP contribution is 2.45. The molecular weight excluding hydrogens is 353 g/mol. The maximum absolute atomic E-state index is 14.2. The van der Waals surface area contributed by atoms with Gasteiger partial charge >= 0.3 is 6.18 Å². The number of carbonyl (C=O) groups excluding carboxylic acids is 1. The van der Waals surface area contributed by atoms with Crippen molar-refractivity contribution in [3.05, 3.63) is 47.5 Å². The molecule has 3 rings (SSSR count). The lowest BCUT2D eigenvalue weighted by Gasteiger charge is -2.38. The minimum Gasteiger partial charge on any atom is -0.287 e. The number of amides is 1. The summed E-state index contributed by atoms with van der Waals surface area (Å²) in [4.78, 5) is 11.9. The molecule has 1 amide bonds. The molecule has 27 heavy (non-hydrogen) atoms. The van der Waals surface area contributed by atoms with Crippen LogP contribution in [0, 0.1) is 0 Å². The first-order valence-corrected chi connectivity index (χ1v) is 9.00. The van der Waals surface area contributed by atoms with E-state index < -0.39 is 23.7 Å². The number of halogens is 3. The van der Waals surface area contributed by atoms with Crippen LogP contribution in [0.1, 0.15) is 58.2 Å². The minimum atomic E-state index is -4.54. The first-order valence-electron chi connectivity index (χ1n) is 9.00. The van der Waals surface area contributed by atoms with Gasteiger partial charge in [0.05, 0.1) is 0 Å². The average Bonchev–Trinajstić information content (AvgIpc) is 2.77. The van der Waals surface area contributed by atoms with Crippen LogP contribution in [0.25, 0.3) is 10.8 Å². The number of rotatable bonds is 2. The molecule has 0 bridgehead atoms. The lowest BCUT2D eigenvalue weighted by molar-refractivity contribution is -0.203. The van der Waals surface area contributed by atoms with Crippen molar-refractivity contribution in [3.63, 3.8) is 0 Å². The van der Waals surface area contributed by atoms with E-state index in [1.165, 1.54) is 0 Å². The molecule has 1 aliphatic rings. The summed E-state index contributed by atoms with van der Waals surface area (Å²) in [7, 11) is 0. The number of alkyl halides is 3. The third kappa shape index (κ3) is 3.55. The zero-order chi connectivity index (χ0) is 20.2. The number of nitrogens with zero attached hydrogens (tertiary/aromatic N) is 1. The van der Waals surface area contributed by atoms with Crippen LogP contribution in [0.15, 0.2) is 36.4 Å². The number of hydrazine groups is 1. The van der Waals surface area contributed by atoms with Crippen molar-refractivity contribution >= 4 is 16.7 Å². The summed E-state index contributed by atoms with van der Waals surface area (Å²) in [6.45, 7) is 9.42. The number of hydrogen-bond donors (Lipinski definition) is 1. The SMILES string of the molecule is CC(C)(C)c1ccc(C(N2NC(=O)CC2(C)C)C(F)(F)F)c2ccccc12. The van der Waals surface area contributed by atoms with Crippen molar-refractivity contribution in [2.24, 2.45) is 0 Å². The predicted molar refractivity (Wildman–Crippen MR) is 100 cm³/mol. The fourth-order valence-electron chi connectivity index (χ4n) is 3.89. The molecule has 0 saturated carbocycles. The average molecular weight is 378 g/mol. The topological polar surface area (TPSA) is 32.3 Å². The number of benzene rings is 2. The first-order chi connectivity index (χ1) is 12.3. The molecule has 0 spiro atoms. The van der Waals surface area contributed by atoms with E-state index in [1.807, 2.05) is 32.9 Å². The molecule has 1 saturated heterocycles. The van der Waals surface area contributed by atoms with Crippen molar-refractivity contribution in [2.75, 3.05) is 0 Å². The number of fused-ring (bicyclic) bond motifs is 1. The normalized spacial score (nSPS) is 19.3. The van der Waals surface area contributed by atoms with Crippen LogP contribution in [-0.4, -0.2) is 22.6 Å². The summed E-state index contributed by atoms with van der Waals surface area (Å²) < 4.78 is 42.6. The van der Waals surface area contributed by atoms with Gasteiger partial charge in [-0.2, -0.15) is 18.2 Å². The van der Waals surface area contributed by atoms with E-state index in [4.69, 9.17) is 0 Å². The van der Waals surface area contributed by atoms with E-state index >= 15 is 0 Å². The van der Waals surface area contributed by atoms with Gasteiger partial charge < -0.3 is 0 Å². The molecule has 0 aliphatic carbocycles. The van der Waals surface area contributed by atoms with Gasteiger partial charge in [-0.3, -0.25) is 10.2 Å². The van der Waals surface area contributed by atoms with Crippen LogP contribution in [0.2, 0.25) is 0 Å². The third-order valence-corrected chi connectivity index (χ3v) is 5.12. The quantitative estimate of drug-likeness (QED) is 0.773. The van der Waals surface area contributed by atoms with E-state index in [9.17, 15) is 18.0 Å². The van der Waals surface area contributed by atoms with Crippen molar-refractivity contribution in [3.8, 4) is 0 Å². The van der Waals surface area contributed by atoms with Gasteiger partial charge in [0.2, 0.25) is 5.91 Å². The van der Waals surface area contributed by atoms with Gasteiger partial charge in [-0.05, 0) is 41.2 Å². The summed E-state index contributed by atoms with van der Waals surface area (Å²) in [6.07, 6.45) is -4.52. The summed E-state index contributed by atoms with van der Waals surface area (Å²) in [6, 6.07) is 8.59. The maximum atomic E-state index is 14.2. The Morgan fingerprint density at radius 2 is 1.63 bits per heavy atom. The lowest BCUT2D eigenvalue weighted by Crippen LogP contribution is -2.51. The lowest BCUT2D eigenvalue weighted by atomic mass is 9.81. The van der Waals surface area contributed by atoms with E-state index in [0.717, 1.165) is 16.0 Å². The molecule has 0 aromatic heterocycles.